The summed E-state index contributed by atoms with van der Waals surface area (Å²) in [5, 5.41) is 3.18. The molecular weight excluding hydrogens is 1270 g/mol. The number of carbonyl (C=O) groups is 3. The third kappa shape index (κ3) is 30.5. The van der Waals surface area contributed by atoms with Gasteiger partial charge in [0.05, 0.1) is 0 Å². The Morgan fingerprint density at radius 2 is 0.779 bits per heavy atom. The molecule has 6 aromatic rings. The molecule has 6 aromatic carbocycles. The molecule has 7 nitrogen and oxygen atoms in total. The van der Waals surface area contributed by atoms with Crippen molar-refractivity contribution in [2.24, 2.45) is 10.4 Å². The van der Waals surface area contributed by atoms with E-state index in [1.807, 2.05) is 0 Å². The van der Waals surface area contributed by atoms with Gasteiger partial charge < -0.3 is 10.3 Å². The van der Waals surface area contributed by atoms with E-state index in [1.165, 1.54) is 116 Å². The first kappa shape index (κ1) is 91.9. The van der Waals surface area contributed by atoms with Crippen LogP contribution < -0.4 is 5.32 Å². The lowest BCUT2D eigenvalue weighted by Crippen LogP contribution is -2.79. The number of rotatable bonds is 25. The normalized spacial score (nSPS) is 13.5. The number of aliphatic imine (C=N–C) groups is 1. The number of nitrogens with zero attached hydrogens (tertiary/aromatic N) is 3. The van der Waals surface area contributed by atoms with Gasteiger partial charge in [0.15, 0.2) is 0 Å². The maximum atomic E-state index is 13.1. The second-order valence-corrected chi connectivity index (χ2v) is 38.3. The van der Waals surface area contributed by atoms with Gasteiger partial charge in [0, 0.05) is 19.0 Å². The van der Waals surface area contributed by atoms with Crippen molar-refractivity contribution in [2.45, 2.75) is 334 Å². The number of quaternary nitrogens is 1. The van der Waals surface area contributed by atoms with Crippen molar-refractivity contribution in [3.63, 3.8) is 0 Å². The van der Waals surface area contributed by atoms with Crippen molar-refractivity contribution in [1.29, 1.82) is 0 Å². The molecular formula is C97H151N4O3+. The molecule has 7 heteroatoms. The van der Waals surface area contributed by atoms with Gasteiger partial charge in [-0.1, -0.05) is 382 Å². The molecule has 576 valence electrons. The molecule has 7 rings (SSSR count). The molecule has 1 saturated heterocycles. The Morgan fingerprint density at radius 1 is 0.433 bits per heavy atom. The van der Waals surface area contributed by atoms with Gasteiger partial charge in [-0.05, 0) is 181 Å². The first-order chi connectivity index (χ1) is 48.2. The summed E-state index contributed by atoms with van der Waals surface area (Å²) in [4.78, 5) is 44.4. The lowest BCUT2D eigenvalue weighted by Gasteiger charge is -2.43. The highest BCUT2D eigenvalue weighted by Crippen LogP contribution is 2.38. The van der Waals surface area contributed by atoms with Crippen LogP contribution >= 0.6 is 0 Å². The molecule has 5 amide bonds. The first-order valence-electron chi connectivity index (χ1n) is 40.2. The molecule has 0 unspecified atom stereocenters. The summed E-state index contributed by atoms with van der Waals surface area (Å²) in [5.41, 5.74) is 19.8. The molecule has 0 aliphatic carbocycles. The number of unbranched alkanes of at least 4 members (excludes halogenated alkanes) is 9. The maximum Gasteiger partial charge on any atom is 0.447 e. The smallest absolute Gasteiger partial charge is 0.305 e. The number of aryl methyl sites for hydroxylation is 1. The highest BCUT2D eigenvalue weighted by molar-refractivity contribution is 6.10. The van der Waals surface area contributed by atoms with E-state index in [2.05, 4.69) is 350 Å². The van der Waals surface area contributed by atoms with Crippen LogP contribution in [0.5, 0.6) is 0 Å². The largest absolute Gasteiger partial charge is 0.447 e. The lowest BCUT2D eigenvalue weighted by atomic mass is 9.79. The zero-order valence-electron chi connectivity index (χ0n) is 71.8. The fourth-order valence-electron chi connectivity index (χ4n) is 12.9. The number of nitrogens with one attached hydrogen (secondary N) is 1. The average molecular weight is 1420 g/mol. The Hall–Kier alpha value is -6.28. The average Bonchev–Trinajstić information content (AvgIpc) is 0.720. The number of imide groups is 4. The summed E-state index contributed by atoms with van der Waals surface area (Å²) >= 11 is 0. The van der Waals surface area contributed by atoms with E-state index in [9.17, 15) is 14.4 Å². The summed E-state index contributed by atoms with van der Waals surface area (Å²) in [5.74, 6) is -0.0808. The van der Waals surface area contributed by atoms with E-state index in [0.717, 1.165) is 57.9 Å². The SMILES string of the molecule is C=NCCCCC[N+]1(C(=O)CNCCCCCC(C)(C)C)C(=O)N(CCCCCCCC)C1=O.CC(C)(C)c1ccc(C(c2ccc(C(C)(C)C)cc2)c2ccc(C(C)(C)C)cc2)cc1.CC(C)(C)c1ccc(Cc2ccc(C(C)(C)C)cc2)cc1.CCC.Cc1ccc(C(C)(C)C)cc1C(C)(C)C. The Bertz CT molecular complexity index is 3270. The third-order valence-corrected chi connectivity index (χ3v) is 19.9. The van der Waals surface area contributed by atoms with E-state index >= 15 is 0 Å². The summed E-state index contributed by atoms with van der Waals surface area (Å²) < 4.78 is -0.644. The fraction of sp³-hybridized carbons (Fsp3) is 0.588. The zero-order chi connectivity index (χ0) is 78.7. The van der Waals surface area contributed by atoms with Crippen molar-refractivity contribution in [3.05, 3.63) is 212 Å². The minimum Gasteiger partial charge on any atom is -0.305 e. The van der Waals surface area contributed by atoms with E-state index in [1.54, 1.807) is 0 Å². The Balaban J connectivity index is 0.000000369. The highest BCUT2D eigenvalue weighted by atomic mass is 16.3. The summed E-state index contributed by atoms with van der Waals surface area (Å²) in [7, 11) is 0. The fourth-order valence-corrected chi connectivity index (χ4v) is 12.9. The van der Waals surface area contributed by atoms with Crippen molar-refractivity contribution >= 4 is 24.7 Å². The molecule has 0 aromatic heterocycles. The van der Waals surface area contributed by atoms with Crippen molar-refractivity contribution < 1.29 is 18.9 Å². The second kappa shape index (κ2) is 41.2. The van der Waals surface area contributed by atoms with Gasteiger partial charge in [-0.15, -0.1) is 0 Å². The van der Waals surface area contributed by atoms with E-state index in [4.69, 9.17) is 0 Å². The number of hydrogen-bond acceptors (Lipinski definition) is 5. The standard InChI is InChI=1S/C31H40.C27H51N4O3.C21H28.C15H24.C3H8/c1-29(2,3)25-16-10-22(11-17-25)28(23-12-18-26(19-13-23)30(4,5)6)24-14-20-27(21-15-24)31(7,8)9;1-6-7-8-9-10-16-21-30-25(33)31(26(30)34,22-17-12-14-19-28-5)24(32)23-29-20-15-11-13-18-27(2,3)4;1-20(2,3)18-11-7-16(8-12-18)15-17-9-13-19(14-10-17)21(4,5)6;1-11-8-9-12(14(2,3)4)10-13(11)15(5,6)7;1-3-2/h10-21,28H,1-9H3;29H,5-23H2,1-4H3;7-14H,15H2,1-6H3;8-10H,1-7H3;3H2,1-2H3/q;+1;;;. The molecule has 0 bridgehead atoms. The van der Waals surface area contributed by atoms with E-state index in [-0.39, 0.29) is 74.9 Å². The molecule has 1 heterocycles. The molecule has 1 aliphatic heterocycles. The van der Waals surface area contributed by atoms with Crippen LogP contribution in [-0.4, -0.2) is 66.8 Å². The van der Waals surface area contributed by atoms with Crippen molar-refractivity contribution in [2.75, 3.05) is 32.7 Å². The van der Waals surface area contributed by atoms with Gasteiger partial charge in [0.25, 0.3) is 0 Å². The summed E-state index contributed by atoms with van der Waals surface area (Å²) in [6, 6.07) is 52.0. The zero-order valence-corrected chi connectivity index (χ0v) is 71.8. The van der Waals surface area contributed by atoms with Crippen LogP contribution in [0.15, 0.2) is 145 Å². The molecule has 1 N–H and O–H groups in total. The predicted octanol–water partition coefficient (Wildman–Crippen LogP) is 27.0. The van der Waals surface area contributed by atoms with Crippen molar-refractivity contribution in [1.82, 2.24) is 10.2 Å². The molecule has 0 atom stereocenters. The minimum atomic E-state index is -0.644. The number of benzene rings is 6. The summed E-state index contributed by atoms with van der Waals surface area (Å²) in [6.07, 6.45) is 15.6. The van der Waals surface area contributed by atoms with E-state index < -0.39 is 4.48 Å². The molecule has 104 heavy (non-hydrogen) atoms. The molecule has 1 aliphatic rings. The van der Waals surface area contributed by atoms with Gasteiger partial charge in [-0.3, -0.25) is 0 Å². The van der Waals surface area contributed by atoms with Crippen LogP contribution in [0.2, 0.25) is 0 Å². The number of urea groups is 2. The van der Waals surface area contributed by atoms with Crippen LogP contribution in [0.1, 0.15) is 355 Å². The van der Waals surface area contributed by atoms with Crippen LogP contribution in [0.3, 0.4) is 0 Å². The Kier molecular flexibility index (Phi) is 36.4. The van der Waals surface area contributed by atoms with Crippen molar-refractivity contribution in [3.8, 4) is 0 Å². The number of hydrogen-bond donors (Lipinski definition) is 1. The first-order valence-corrected chi connectivity index (χ1v) is 40.2. The minimum absolute atomic E-state index is 0.0653. The number of carbonyl (C=O) groups excluding carboxylic acids is 3. The van der Waals surface area contributed by atoms with Crippen LogP contribution in [0.4, 0.5) is 9.59 Å². The van der Waals surface area contributed by atoms with Crippen LogP contribution in [-0.2, 0) is 49.1 Å². The van der Waals surface area contributed by atoms with Crippen LogP contribution in [0.25, 0.3) is 0 Å². The quantitative estimate of drug-likeness (QED) is 0.0268. The summed E-state index contributed by atoms with van der Waals surface area (Å²) in [6.45, 7) is 68.7. The Morgan fingerprint density at radius 3 is 1.13 bits per heavy atom. The molecule has 1 fully saturated rings. The van der Waals surface area contributed by atoms with Gasteiger partial charge in [-0.2, -0.15) is 4.90 Å². The van der Waals surface area contributed by atoms with Gasteiger partial charge in [-0.25, -0.2) is 14.4 Å². The van der Waals surface area contributed by atoms with Gasteiger partial charge >= 0.3 is 18.0 Å². The highest BCUT2D eigenvalue weighted by Gasteiger charge is 2.67. The molecule has 0 spiro atoms. The van der Waals surface area contributed by atoms with E-state index in [0.29, 0.717) is 24.9 Å². The monoisotopic (exact) mass is 1420 g/mol. The maximum absolute atomic E-state index is 13.1. The second-order valence-electron chi connectivity index (χ2n) is 38.3. The van der Waals surface area contributed by atoms with Gasteiger partial charge in [0.2, 0.25) is 0 Å². The molecule has 0 radical (unpaired) electrons. The predicted molar refractivity (Wildman–Crippen MR) is 454 cm³/mol. The third-order valence-electron chi connectivity index (χ3n) is 19.9. The van der Waals surface area contributed by atoms with Gasteiger partial charge in [0.1, 0.15) is 13.1 Å². The number of amides is 5. The Labute approximate surface area is 639 Å². The lowest BCUT2D eigenvalue weighted by molar-refractivity contribution is -0.725. The topological polar surface area (TPSA) is 78.8 Å². The van der Waals surface area contributed by atoms with Crippen LogP contribution in [0, 0.1) is 12.3 Å². The molecule has 0 saturated carbocycles.